The summed E-state index contributed by atoms with van der Waals surface area (Å²) in [5, 5.41) is 3.52. The molecule has 0 saturated carbocycles. The Morgan fingerprint density at radius 3 is 2.93 bits per heavy atom. The maximum Gasteiger partial charge on any atom is 0.0990 e. The summed E-state index contributed by atoms with van der Waals surface area (Å²) in [5.41, 5.74) is 0. The molecule has 90 valence electrons. The number of likely N-dealkylation sites (tertiary alicyclic amines) is 1. The van der Waals surface area contributed by atoms with Gasteiger partial charge in [-0.1, -0.05) is 13.8 Å². The second-order valence-corrected chi connectivity index (χ2v) is 4.77. The average molecular weight is 214 g/mol. The summed E-state index contributed by atoms with van der Waals surface area (Å²) in [6.45, 7) is 11.7. The summed E-state index contributed by atoms with van der Waals surface area (Å²) in [7, 11) is 0. The van der Waals surface area contributed by atoms with E-state index in [1.165, 1.54) is 25.9 Å². The molecular formula is C12H26N2O. The van der Waals surface area contributed by atoms with Gasteiger partial charge in [-0.05, 0) is 32.2 Å². The van der Waals surface area contributed by atoms with E-state index in [1.54, 1.807) is 0 Å². The number of nitrogens with zero attached hydrogens (tertiary/aromatic N) is 1. The van der Waals surface area contributed by atoms with Crippen LogP contribution in [0.25, 0.3) is 0 Å². The van der Waals surface area contributed by atoms with Crippen molar-refractivity contribution in [1.82, 2.24) is 10.2 Å². The molecule has 1 saturated heterocycles. The number of piperidine rings is 1. The molecule has 1 aliphatic rings. The van der Waals surface area contributed by atoms with Crippen LogP contribution in [-0.2, 0) is 4.74 Å². The minimum Gasteiger partial charge on any atom is -0.366 e. The van der Waals surface area contributed by atoms with Crippen molar-refractivity contribution < 1.29 is 4.74 Å². The van der Waals surface area contributed by atoms with Gasteiger partial charge in [0.1, 0.15) is 0 Å². The van der Waals surface area contributed by atoms with Crippen LogP contribution in [0.5, 0.6) is 0 Å². The molecule has 0 aliphatic carbocycles. The van der Waals surface area contributed by atoms with Crippen LogP contribution in [0, 0.1) is 5.92 Å². The second kappa shape index (κ2) is 7.20. The first-order valence-corrected chi connectivity index (χ1v) is 6.25. The topological polar surface area (TPSA) is 24.5 Å². The van der Waals surface area contributed by atoms with Crippen LogP contribution in [0.15, 0.2) is 0 Å². The zero-order valence-corrected chi connectivity index (χ0v) is 10.5. The number of rotatable bonds is 6. The Bertz CT molecular complexity index is 162. The maximum absolute atomic E-state index is 5.45. The van der Waals surface area contributed by atoms with E-state index in [9.17, 15) is 0 Å². The third-order valence-corrected chi connectivity index (χ3v) is 2.90. The van der Waals surface area contributed by atoms with Gasteiger partial charge in [-0.25, -0.2) is 0 Å². The van der Waals surface area contributed by atoms with Gasteiger partial charge in [0.25, 0.3) is 0 Å². The fraction of sp³-hybridized carbons (Fsp3) is 1.00. The molecule has 0 amide bonds. The van der Waals surface area contributed by atoms with Crippen molar-refractivity contribution in [2.24, 2.45) is 5.92 Å². The van der Waals surface area contributed by atoms with Crippen LogP contribution in [0.3, 0.4) is 0 Å². The Labute approximate surface area is 94.2 Å². The highest BCUT2D eigenvalue weighted by atomic mass is 16.5. The van der Waals surface area contributed by atoms with E-state index in [1.807, 2.05) is 0 Å². The first-order valence-electron chi connectivity index (χ1n) is 6.25. The molecule has 1 rings (SSSR count). The van der Waals surface area contributed by atoms with Crippen molar-refractivity contribution in [3.8, 4) is 0 Å². The predicted octanol–water partition coefficient (Wildman–Crippen LogP) is 1.69. The summed E-state index contributed by atoms with van der Waals surface area (Å²) < 4.78 is 5.45. The molecule has 3 nitrogen and oxygen atoms in total. The second-order valence-electron chi connectivity index (χ2n) is 4.77. The molecule has 1 atom stereocenters. The SMILES string of the molecule is CCOCN1CCCC(CNC(C)C)C1. The lowest BCUT2D eigenvalue weighted by Gasteiger charge is -2.32. The predicted molar refractivity (Wildman–Crippen MR) is 63.9 cm³/mol. The van der Waals surface area contributed by atoms with Gasteiger partial charge < -0.3 is 10.1 Å². The van der Waals surface area contributed by atoms with E-state index in [-0.39, 0.29) is 0 Å². The standard InChI is InChI=1S/C12H26N2O/c1-4-15-10-14-7-5-6-12(9-14)8-13-11(2)3/h11-13H,4-10H2,1-3H3. The summed E-state index contributed by atoms with van der Waals surface area (Å²) in [4.78, 5) is 2.43. The van der Waals surface area contributed by atoms with E-state index >= 15 is 0 Å². The first kappa shape index (κ1) is 12.9. The van der Waals surface area contributed by atoms with Crippen LogP contribution in [-0.4, -0.2) is 43.9 Å². The lowest BCUT2D eigenvalue weighted by Crippen LogP contribution is -2.41. The van der Waals surface area contributed by atoms with Gasteiger partial charge in [-0.3, -0.25) is 4.90 Å². The summed E-state index contributed by atoms with van der Waals surface area (Å²) >= 11 is 0. The van der Waals surface area contributed by atoms with E-state index in [4.69, 9.17) is 4.74 Å². The molecule has 3 heteroatoms. The highest BCUT2D eigenvalue weighted by molar-refractivity contribution is 4.73. The minimum atomic E-state index is 0.604. The average Bonchev–Trinajstić information content (AvgIpc) is 2.24. The van der Waals surface area contributed by atoms with Crippen LogP contribution in [0.2, 0.25) is 0 Å². The fourth-order valence-corrected chi connectivity index (χ4v) is 2.06. The van der Waals surface area contributed by atoms with E-state index < -0.39 is 0 Å². The molecule has 1 unspecified atom stereocenters. The van der Waals surface area contributed by atoms with Gasteiger partial charge in [0.05, 0.1) is 6.73 Å². The third kappa shape index (κ3) is 5.50. The Morgan fingerprint density at radius 1 is 1.47 bits per heavy atom. The van der Waals surface area contributed by atoms with Crippen molar-refractivity contribution in [2.45, 2.75) is 39.7 Å². The molecule has 0 radical (unpaired) electrons. The lowest BCUT2D eigenvalue weighted by atomic mass is 9.98. The molecule has 0 aromatic rings. The smallest absolute Gasteiger partial charge is 0.0990 e. The van der Waals surface area contributed by atoms with Gasteiger partial charge in [-0.2, -0.15) is 0 Å². The fourth-order valence-electron chi connectivity index (χ4n) is 2.06. The van der Waals surface area contributed by atoms with Gasteiger partial charge >= 0.3 is 0 Å². The number of hydrogen-bond acceptors (Lipinski definition) is 3. The molecule has 0 aromatic heterocycles. The summed E-state index contributed by atoms with van der Waals surface area (Å²) in [6.07, 6.45) is 2.68. The molecule has 1 aliphatic heterocycles. The maximum atomic E-state index is 5.45. The third-order valence-electron chi connectivity index (χ3n) is 2.90. The van der Waals surface area contributed by atoms with Crippen molar-refractivity contribution in [3.05, 3.63) is 0 Å². The van der Waals surface area contributed by atoms with Gasteiger partial charge in [-0.15, -0.1) is 0 Å². The highest BCUT2D eigenvalue weighted by Gasteiger charge is 2.19. The van der Waals surface area contributed by atoms with Crippen LogP contribution in [0.1, 0.15) is 33.6 Å². The van der Waals surface area contributed by atoms with Crippen molar-refractivity contribution in [1.29, 1.82) is 0 Å². The van der Waals surface area contributed by atoms with E-state index in [0.29, 0.717) is 6.04 Å². The van der Waals surface area contributed by atoms with Crippen LogP contribution in [0.4, 0.5) is 0 Å². The van der Waals surface area contributed by atoms with Crippen LogP contribution >= 0.6 is 0 Å². The lowest BCUT2D eigenvalue weighted by molar-refractivity contribution is 0.0121. The van der Waals surface area contributed by atoms with Crippen molar-refractivity contribution >= 4 is 0 Å². The Hall–Kier alpha value is -0.120. The van der Waals surface area contributed by atoms with E-state index in [2.05, 4.69) is 31.0 Å². The normalized spacial score (nSPS) is 23.6. The van der Waals surface area contributed by atoms with Crippen molar-refractivity contribution in [3.63, 3.8) is 0 Å². The first-order chi connectivity index (χ1) is 7.22. The number of ether oxygens (including phenoxy) is 1. The summed E-state index contributed by atoms with van der Waals surface area (Å²) in [5.74, 6) is 0.807. The Balaban J connectivity index is 2.17. The molecule has 15 heavy (non-hydrogen) atoms. The molecule has 1 fully saturated rings. The van der Waals surface area contributed by atoms with Crippen LogP contribution < -0.4 is 5.32 Å². The Morgan fingerprint density at radius 2 is 2.27 bits per heavy atom. The quantitative estimate of drug-likeness (QED) is 0.728. The van der Waals surface area contributed by atoms with Gasteiger partial charge in [0.2, 0.25) is 0 Å². The van der Waals surface area contributed by atoms with E-state index in [0.717, 1.165) is 25.8 Å². The largest absolute Gasteiger partial charge is 0.366 e. The molecule has 1 N–H and O–H groups in total. The minimum absolute atomic E-state index is 0.604. The number of hydrogen-bond donors (Lipinski definition) is 1. The highest BCUT2D eigenvalue weighted by Crippen LogP contribution is 2.15. The van der Waals surface area contributed by atoms with Gasteiger partial charge in [0.15, 0.2) is 0 Å². The molecule has 0 spiro atoms. The Kier molecular flexibility index (Phi) is 6.22. The molecule has 0 aromatic carbocycles. The number of nitrogens with one attached hydrogen (secondary N) is 1. The summed E-state index contributed by atoms with van der Waals surface area (Å²) in [6, 6.07) is 0.604. The molecule has 1 heterocycles. The molecule has 0 bridgehead atoms. The van der Waals surface area contributed by atoms with Gasteiger partial charge in [0, 0.05) is 25.7 Å². The zero-order chi connectivity index (χ0) is 11.1. The zero-order valence-electron chi connectivity index (χ0n) is 10.5. The monoisotopic (exact) mass is 214 g/mol. The molecular weight excluding hydrogens is 188 g/mol. The van der Waals surface area contributed by atoms with Crippen molar-refractivity contribution in [2.75, 3.05) is 33.0 Å².